The van der Waals surface area contributed by atoms with Crippen LogP contribution in [0, 0.1) is 23.6 Å². The highest BCUT2D eigenvalue weighted by atomic mass is 19.1. The van der Waals surface area contributed by atoms with E-state index >= 15 is 0 Å². The highest BCUT2D eigenvalue weighted by Gasteiger charge is 2.60. The Morgan fingerprint density at radius 3 is 2.76 bits per heavy atom. The molecule has 2 fully saturated rings. The molecule has 1 saturated carbocycles. The van der Waals surface area contributed by atoms with Crippen molar-refractivity contribution in [2.45, 2.75) is 6.54 Å². The predicted molar refractivity (Wildman–Crippen MR) is 61.3 cm³/mol. The third-order valence-electron chi connectivity index (χ3n) is 3.95. The lowest BCUT2D eigenvalue weighted by Gasteiger charge is -2.20. The molecule has 2 aliphatic rings. The summed E-state index contributed by atoms with van der Waals surface area (Å²) in [4.78, 5) is 13.7. The van der Waals surface area contributed by atoms with E-state index in [-0.39, 0.29) is 17.6 Å². The summed E-state index contributed by atoms with van der Waals surface area (Å²) in [7, 11) is 0. The molecule has 1 aromatic rings. The summed E-state index contributed by atoms with van der Waals surface area (Å²) in [6.07, 6.45) is 0. The van der Waals surface area contributed by atoms with Crippen molar-refractivity contribution in [2.75, 3.05) is 13.1 Å². The second kappa shape index (κ2) is 3.81. The quantitative estimate of drug-likeness (QED) is 0.847. The number of nitrogens with zero attached hydrogens (tertiary/aromatic N) is 1. The van der Waals surface area contributed by atoms with Crippen molar-refractivity contribution in [3.05, 3.63) is 35.6 Å². The number of amides is 1. The largest absolute Gasteiger partial charge is 0.338 e. The van der Waals surface area contributed by atoms with Gasteiger partial charge in [-0.25, -0.2) is 4.39 Å². The van der Waals surface area contributed by atoms with Crippen molar-refractivity contribution in [3.8, 4) is 0 Å². The van der Waals surface area contributed by atoms with E-state index in [2.05, 4.69) is 0 Å². The number of hydrogen-bond donors (Lipinski definition) is 1. The van der Waals surface area contributed by atoms with Crippen LogP contribution in [0.25, 0.3) is 0 Å². The fraction of sp³-hybridized carbons (Fsp3) is 0.462. The van der Waals surface area contributed by atoms with E-state index in [1.165, 1.54) is 6.07 Å². The van der Waals surface area contributed by atoms with Crippen molar-refractivity contribution in [2.24, 2.45) is 23.5 Å². The van der Waals surface area contributed by atoms with Crippen LogP contribution < -0.4 is 5.73 Å². The van der Waals surface area contributed by atoms with Gasteiger partial charge in [0.15, 0.2) is 0 Å². The number of hydrogen-bond acceptors (Lipinski definition) is 2. The van der Waals surface area contributed by atoms with Gasteiger partial charge >= 0.3 is 0 Å². The Balaban J connectivity index is 1.69. The Kier molecular flexibility index (Phi) is 2.40. The SMILES string of the molecule is NCC1C2CN(Cc3ccccc3F)C(=O)C12. The van der Waals surface area contributed by atoms with Gasteiger partial charge in [0.25, 0.3) is 0 Å². The summed E-state index contributed by atoms with van der Waals surface area (Å²) in [5, 5.41) is 0. The Labute approximate surface area is 99.4 Å². The van der Waals surface area contributed by atoms with E-state index in [0.717, 1.165) is 6.54 Å². The average Bonchev–Trinajstić information content (AvgIpc) is 2.94. The van der Waals surface area contributed by atoms with Crippen molar-refractivity contribution in [1.82, 2.24) is 4.90 Å². The molecule has 0 bridgehead atoms. The summed E-state index contributed by atoms with van der Waals surface area (Å²) in [5.74, 6) is 0.815. The van der Waals surface area contributed by atoms with E-state index in [1.807, 2.05) is 0 Å². The zero-order chi connectivity index (χ0) is 12.0. The molecular weight excluding hydrogens is 219 g/mol. The molecule has 1 aliphatic heterocycles. The lowest BCUT2D eigenvalue weighted by atomic mass is 10.2. The topological polar surface area (TPSA) is 46.3 Å². The molecule has 2 N–H and O–H groups in total. The van der Waals surface area contributed by atoms with Gasteiger partial charge in [-0.05, 0) is 24.4 Å². The first kappa shape index (κ1) is 10.7. The Morgan fingerprint density at radius 2 is 2.18 bits per heavy atom. The first-order chi connectivity index (χ1) is 8.22. The third-order valence-corrected chi connectivity index (χ3v) is 3.95. The fourth-order valence-corrected chi connectivity index (χ4v) is 2.91. The molecule has 4 heteroatoms. The Hall–Kier alpha value is -1.42. The molecule has 0 aromatic heterocycles. The number of rotatable bonds is 3. The van der Waals surface area contributed by atoms with Gasteiger partial charge in [0.2, 0.25) is 5.91 Å². The summed E-state index contributed by atoms with van der Waals surface area (Å²) in [6.45, 7) is 1.71. The molecule has 1 amide bonds. The van der Waals surface area contributed by atoms with Crippen LogP contribution in [0.1, 0.15) is 5.56 Å². The molecule has 3 nitrogen and oxygen atoms in total. The highest BCUT2D eigenvalue weighted by molar-refractivity contribution is 5.85. The van der Waals surface area contributed by atoms with Crippen molar-refractivity contribution >= 4 is 5.91 Å². The maximum Gasteiger partial charge on any atom is 0.226 e. The lowest BCUT2D eigenvalue weighted by molar-refractivity contribution is -0.131. The number of benzene rings is 1. The monoisotopic (exact) mass is 234 g/mol. The van der Waals surface area contributed by atoms with Gasteiger partial charge < -0.3 is 10.6 Å². The number of likely N-dealkylation sites (tertiary alicyclic amines) is 1. The molecule has 17 heavy (non-hydrogen) atoms. The number of halogens is 1. The van der Waals surface area contributed by atoms with Crippen LogP contribution in [0.3, 0.4) is 0 Å². The molecule has 3 rings (SSSR count). The van der Waals surface area contributed by atoms with Gasteiger partial charge in [-0.1, -0.05) is 18.2 Å². The van der Waals surface area contributed by atoms with Crippen molar-refractivity contribution in [3.63, 3.8) is 0 Å². The normalized spacial score (nSPS) is 30.6. The molecule has 0 radical (unpaired) electrons. The van der Waals surface area contributed by atoms with E-state index in [1.54, 1.807) is 23.1 Å². The fourth-order valence-electron chi connectivity index (χ4n) is 2.91. The number of piperidine rings is 1. The number of carbonyl (C=O) groups is 1. The van der Waals surface area contributed by atoms with Crippen LogP contribution in [0.2, 0.25) is 0 Å². The van der Waals surface area contributed by atoms with Gasteiger partial charge in [-0.15, -0.1) is 0 Å². The molecule has 90 valence electrons. The van der Waals surface area contributed by atoms with Crippen LogP contribution in [-0.4, -0.2) is 23.9 Å². The maximum absolute atomic E-state index is 13.5. The molecule has 0 spiro atoms. The van der Waals surface area contributed by atoms with Gasteiger partial charge in [0.1, 0.15) is 5.82 Å². The summed E-state index contributed by atoms with van der Waals surface area (Å²) >= 11 is 0. The van der Waals surface area contributed by atoms with E-state index in [4.69, 9.17) is 5.73 Å². The van der Waals surface area contributed by atoms with Crippen LogP contribution >= 0.6 is 0 Å². The standard InChI is InChI=1S/C13H15FN2O/c14-11-4-2-1-3-8(11)6-16-7-10-9(5-15)12(10)13(16)17/h1-4,9-10,12H,5-7,15H2. The van der Waals surface area contributed by atoms with E-state index in [0.29, 0.717) is 30.5 Å². The zero-order valence-electron chi connectivity index (χ0n) is 9.47. The summed E-state index contributed by atoms with van der Waals surface area (Å²) < 4.78 is 13.5. The number of fused-ring (bicyclic) bond motifs is 1. The number of carbonyl (C=O) groups excluding carboxylic acids is 1. The van der Waals surface area contributed by atoms with E-state index < -0.39 is 0 Å². The Bertz CT molecular complexity index is 462. The minimum absolute atomic E-state index is 0.117. The van der Waals surface area contributed by atoms with Gasteiger partial charge in [0.05, 0.1) is 0 Å². The minimum atomic E-state index is -0.240. The van der Waals surface area contributed by atoms with Gasteiger partial charge in [0, 0.05) is 24.6 Å². The molecule has 3 atom stereocenters. The third kappa shape index (κ3) is 1.63. The highest BCUT2D eigenvalue weighted by Crippen LogP contribution is 2.52. The van der Waals surface area contributed by atoms with Crippen LogP contribution in [-0.2, 0) is 11.3 Å². The first-order valence-electron chi connectivity index (χ1n) is 5.94. The van der Waals surface area contributed by atoms with Gasteiger partial charge in [-0.2, -0.15) is 0 Å². The molecule has 3 unspecified atom stereocenters. The molecule has 1 aliphatic carbocycles. The van der Waals surface area contributed by atoms with Crippen molar-refractivity contribution < 1.29 is 9.18 Å². The van der Waals surface area contributed by atoms with Crippen LogP contribution in [0.5, 0.6) is 0 Å². The smallest absolute Gasteiger partial charge is 0.226 e. The Morgan fingerprint density at radius 1 is 1.41 bits per heavy atom. The second-order valence-electron chi connectivity index (χ2n) is 4.90. The molecule has 1 saturated heterocycles. The average molecular weight is 234 g/mol. The van der Waals surface area contributed by atoms with Crippen LogP contribution in [0.15, 0.2) is 24.3 Å². The minimum Gasteiger partial charge on any atom is -0.338 e. The maximum atomic E-state index is 13.5. The van der Waals surface area contributed by atoms with E-state index in [9.17, 15) is 9.18 Å². The summed E-state index contributed by atoms with van der Waals surface area (Å²) in [6, 6.07) is 6.61. The molecule has 1 aromatic carbocycles. The van der Waals surface area contributed by atoms with Crippen molar-refractivity contribution in [1.29, 1.82) is 0 Å². The lowest BCUT2D eigenvalue weighted by Crippen LogP contribution is -2.31. The van der Waals surface area contributed by atoms with Gasteiger partial charge in [-0.3, -0.25) is 4.79 Å². The number of nitrogens with two attached hydrogens (primary N) is 1. The second-order valence-corrected chi connectivity index (χ2v) is 4.90. The van der Waals surface area contributed by atoms with Crippen LogP contribution in [0.4, 0.5) is 4.39 Å². The first-order valence-corrected chi connectivity index (χ1v) is 5.94. The molecular formula is C13H15FN2O. The summed E-state index contributed by atoms with van der Waals surface area (Å²) in [5.41, 5.74) is 6.17. The molecule has 1 heterocycles. The zero-order valence-corrected chi connectivity index (χ0v) is 9.47. The predicted octanol–water partition coefficient (Wildman–Crippen LogP) is 0.989.